The maximum Gasteiger partial charge on any atom is 0.186 e. The van der Waals surface area contributed by atoms with E-state index in [0.29, 0.717) is 11.1 Å². The van der Waals surface area contributed by atoms with Crippen molar-refractivity contribution in [1.29, 1.82) is 0 Å². The van der Waals surface area contributed by atoms with E-state index >= 15 is 0 Å². The summed E-state index contributed by atoms with van der Waals surface area (Å²) in [7, 11) is 0. The van der Waals surface area contributed by atoms with Crippen LogP contribution in [0.4, 0.5) is 0 Å². The van der Waals surface area contributed by atoms with Crippen molar-refractivity contribution in [3.8, 4) is 0 Å². The second-order valence-electron chi connectivity index (χ2n) is 6.21. The lowest BCUT2D eigenvalue weighted by Crippen LogP contribution is -2.11. The van der Waals surface area contributed by atoms with Crippen molar-refractivity contribution < 1.29 is 9.59 Å². The first-order chi connectivity index (χ1) is 11.7. The Balaban J connectivity index is 1.87. The number of hydrogen-bond donors (Lipinski definition) is 0. The second kappa shape index (κ2) is 4.62. The molecule has 2 heteroatoms. The van der Waals surface area contributed by atoms with Crippen molar-refractivity contribution in [1.82, 2.24) is 0 Å². The molecule has 24 heavy (non-hydrogen) atoms. The van der Waals surface area contributed by atoms with Gasteiger partial charge in [-0.15, -0.1) is 0 Å². The fraction of sp³-hybridized carbons (Fsp3) is 0. The molecule has 0 radical (unpaired) electrons. The first kappa shape index (κ1) is 13.2. The number of allylic oxidation sites excluding steroid dienone is 2. The van der Waals surface area contributed by atoms with Crippen LogP contribution in [0, 0.1) is 0 Å². The highest BCUT2D eigenvalue weighted by molar-refractivity contribution is 6.24. The summed E-state index contributed by atoms with van der Waals surface area (Å²) in [4.78, 5) is 24.1. The van der Waals surface area contributed by atoms with Crippen molar-refractivity contribution in [2.24, 2.45) is 0 Å². The minimum atomic E-state index is -0.106. The number of rotatable bonds is 0. The minimum absolute atomic E-state index is 0.106. The Bertz CT molecular complexity index is 1130. The fourth-order valence-corrected chi connectivity index (χ4v) is 3.48. The van der Waals surface area contributed by atoms with Crippen molar-refractivity contribution in [3.05, 3.63) is 83.9 Å². The van der Waals surface area contributed by atoms with E-state index in [9.17, 15) is 9.59 Å². The van der Waals surface area contributed by atoms with Crippen LogP contribution in [0.3, 0.4) is 0 Å². The van der Waals surface area contributed by atoms with Gasteiger partial charge in [-0.05, 0) is 80.9 Å². The Labute approximate surface area is 138 Å². The van der Waals surface area contributed by atoms with Gasteiger partial charge >= 0.3 is 0 Å². The lowest BCUT2D eigenvalue weighted by atomic mass is 9.90. The summed E-state index contributed by atoms with van der Waals surface area (Å²) >= 11 is 0. The number of fused-ring (bicyclic) bond motifs is 4. The zero-order valence-corrected chi connectivity index (χ0v) is 12.7. The Kier molecular flexibility index (Phi) is 2.54. The standard InChI is InChI=1S/C22H12O2/c23-21-5-6-22(24)20-12-18-10-16-8-14-4-2-1-3-13(14)7-15(16)9-17(18)11-19(20)21/h1-12H. The van der Waals surface area contributed by atoms with Gasteiger partial charge in [0.05, 0.1) is 0 Å². The Hall–Kier alpha value is -3.26. The average Bonchev–Trinajstić information content (AvgIpc) is 2.60. The molecule has 0 spiro atoms. The lowest BCUT2D eigenvalue weighted by Gasteiger charge is -2.12. The molecule has 0 unspecified atom stereocenters. The van der Waals surface area contributed by atoms with Crippen LogP contribution in [0.15, 0.2) is 72.8 Å². The molecule has 112 valence electrons. The van der Waals surface area contributed by atoms with E-state index in [1.807, 2.05) is 24.3 Å². The predicted molar refractivity (Wildman–Crippen MR) is 96.8 cm³/mol. The van der Waals surface area contributed by atoms with Crippen molar-refractivity contribution in [2.45, 2.75) is 0 Å². The van der Waals surface area contributed by atoms with Gasteiger partial charge in [-0.1, -0.05) is 24.3 Å². The third kappa shape index (κ3) is 1.83. The molecule has 0 fully saturated rings. The third-order valence-electron chi connectivity index (χ3n) is 4.71. The van der Waals surface area contributed by atoms with Crippen LogP contribution in [0.25, 0.3) is 32.3 Å². The largest absolute Gasteiger partial charge is 0.289 e. The maximum atomic E-state index is 12.1. The normalized spacial score (nSPS) is 13.8. The quantitative estimate of drug-likeness (QED) is 0.424. The summed E-state index contributed by atoms with van der Waals surface area (Å²) < 4.78 is 0. The van der Waals surface area contributed by atoms with E-state index in [4.69, 9.17) is 0 Å². The molecule has 0 aromatic heterocycles. The highest BCUT2D eigenvalue weighted by Gasteiger charge is 2.19. The molecule has 0 N–H and O–H groups in total. The SMILES string of the molecule is O=C1C=CC(=O)c2cc3cc4cc5ccccc5cc4cc3cc21. The summed E-state index contributed by atoms with van der Waals surface area (Å²) in [6, 6.07) is 20.4. The van der Waals surface area contributed by atoms with Gasteiger partial charge in [-0.25, -0.2) is 0 Å². The summed E-state index contributed by atoms with van der Waals surface area (Å²) in [6.45, 7) is 0. The highest BCUT2D eigenvalue weighted by Crippen LogP contribution is 2.30. The van der Waals surface area contributed by atoms with Gasteiger partial charge in [0.2, 0.25) is 0 Å². The van der Waals surface area contributed by atoms with Crippen LogP contribution in [-0.2, 0) is 0 Å². The smallest absolute Gasteiger partial charge is 0.186 e. The van der Waals surface area contributed by atoms with E-state index in [-0.39, 0.29) is 11.6 Å². The average molecular weight is 308 g/mol. The number of carbonyl (C=O) groups excluding carboxylic acids is 2. The topological polar surface area (TPSA) is 34.1 Å². The second-order valence-corrected chi connectivity index (χ2v) is 6.21. The molecule has 0 atom stereocenters. The number of hydrogen-bond acceptors (Lipinski definition) is 2. The molecule has 0 heterocycles. The zero-order valence-electron chi connectivity index (χ0n) is 12.7. The zero-order chi connectivity index (χ0) is 16.3. The summed E-state index contributed by atoms with van der Waals surface area (Å²) in [5.74, 6) is -0.213. The first-order valence-electron chi connectivity index (χ1n) is 7.86. The third-order valence-corrected chi connectivity index (χ3v) is 4.71. The Morgan fingerprint density at radius 1 is 0.458 bits per heavy atom. The molecule has 0 bridgehead atoms. The summed E-state index contributed by atoms with van der Waals surface area (Å²) in [5, 5.41) is 6.60. The highest BCUT2D eigenvalue weighted by atomic mass is 16.1. The van der Waals surface area contributed by atoms with Crippen molar-refractivity contribution in [3.63, 3.8) is 0 Å². The molecule has 1 aliphatic carbocycles. The van der Waals surface area contributed by atoms with Crippen molar-refractivity contribution >= 4 is 43.9 Å². The molecule has 5 rings (SSSR count). The molecular formula is C22H12O2. The van der Waals surface area contributed by atoms with Gasteiger partial charge in [0.15, 0.2) is 11.6 Å². The van der Waals surface area contributed by atoms with Crippen LogP contribution in [-0.4, -0.2) is 11.6 Å². The minimum Gasteiger partial charge on any atom is -0.289 e. The van der Waals surface area contributed by atoms with Crippen LogP contribution in [0.2, 0.25) is 0 Å². The number of ketones is 2. The van der Waals surface area contributed by atoms with Crippen LogP contribution < -0.4 is 0 Å². The van der Waals surface area contributed by atoms with Gasteiger partial charge < -0.3 is 0 Å². The van der Waals surface area contributed by atoms with Gasteiger partial charge in [0, 0.05) is 11.1 Å². The van der Waals surface area contributed by atoms with Crippen molar-refractivity contribution in [2.75, 3.05) is 0 Å². The van der Waals surface area contributed by atoms with Crippen LogP contribution >= 0.6 is 0 Å². The van der Waals surface area contributed by atoms with E-state index in [1.165, 1.54) is 22.9 Å². The van der Waals surface area contributed by atoms with Crippen LogP contribution in [0.5, 0.6) is 0 Å². The molecular weight excluding hydrogens is 296 g/mol. The molecule has 2 nitrogen and oxygen atoms in total. The molecule has 4 aromatic rings. The van der Waals surface area contributed by atoms with Gasteiger partial charge in [0.25, 0.3) is 0 Å². The number of benzene rings is 4. The van der Waals surface area contributed by atoms with E-state index in [0.717, 1.165) is 21.5 Å². The number of carbonyl (C=O) groups is 2. The maximum absolute atomic E-state index is 12.1. The van der Waals surface area contributed by atoms with Crippen LogP contribution in [0.1, 0.15) is 20.7 Å². The molecule has 4 aromatic carbocycles. The molecule has 0 saturated heterocycles. The van der Waals surface area contributed by atoms with E-state index in [1.54, 1.807) is 0 Å². The first-order valence-corrected chi connectivity index (χ1v) is 7.86. The molecule has 0 saturated carbocycles. The van der Waals surface area contributed by atoms with Gasteiger partial charge in [-0.2, -0.15) is 0 Å². The van der Waals surface area contributed by atoms with Gasteiger partial charge in [-0.3, -0.25) is 9.59 Å². The summed E-state index contributed by atoms with van der Waals surface area (Å²) in [5.41, 5.74) is 0.991. The van der Waals surface area contributed by atoms with Gasteiger partial charge in [0.1, 0.15) is 0 Å². The summed E-state index contributed by atoms with van der Waals surface area (Å²) in [6.07, 6.45) is 2.70. The van der Waals surface area contributed by atoms with E-state index < -0.39 is 0 Å². The molecule has 0 amide bonds. The van der Waals surface area contributed by atoms with E-state index in [2.05, 4.69) is 36.4 Å². The lowest BCUT2D eigenvalue weighted by molar-refractivity contribution is 0.0994. The monoisotopic (exact) mass is 308 g/mol. The molecule has 1 aliphatic rings. The molecule has 0 aliphatic heterocycles. The predicted octanol–water partition coefficient (Wildman–Crippen LogP) is 5.08. The Morgan fingerprint density at radius 3 is 1.29 bits per heavy atom. The fourth-order valence-electron chi connectivity index (χ4n) is 3.48. The Morgan fingerprint density at radius 2 is 0.833 bits per heavy atom.